The van der Waals surface area contributed by atoms with Crippen molar-refractivity contribution >= 4 is 5.97 Å². The molecule has 0 fully saturated rings. The van der Waals surface area contributed by atoms with Crippen molar-refractivity contribution in [1.82, 2.24) is 0 Å². The average Bonchev–Trinajstić information content (AvgIpc) is 2.20. The van der Waals surface area contributed by atoms with Gasteiger partial charge in [0, 0.05) is 0 Å². The molecular formula is C13H18O3. The van der Waals surface area contributed by atoms with Gasteiger partial charge >= 0.3 is 5.97 Å². The monoisotopic (exact) mass is 222 g/mol. The van der Waals surface area contributed by atoms with Crippen LogP contribution in [0.4, 0.5) is 0 Å². The molecule has 0 unspecified atom stereocenters. The fraction of sp³-hybridized carbons (Fsp3) is 0.462. The van der Waals surface area contributed by atoms with E-state index in [-0.39, 0.29) is 13.0 Å². The van der Waals surface area contributed by atoms with E-state index < -0.39 is 5.97 Å². The van der Waals surface area contributed by atoms with Crippen LogP contribution in [-0.4, -0.2) is 17.7 Å². The Bertz CT molecular complexity index is 369. The van der Waals surface area contributed by atoms with Crippen molar-refractivity contribution in [2.24, 2.45) is 0 Å². The molecule has 0 spiro atoms. The number of benzene rings is 1. The van der Waals surface area contributed by atoms with Crippen LogP contribution in [0.25, 0.3) is 0 Å². The van der Waals surface area contributed by atoms with E-state index in [1.165, 1.54) is 5.56 Å². The van der Waals surface area contributed by atoms with E-state index in [0.29, 0.717) is 5.92 Å². The molecule has 0 aliphatic heterocycles. The molecule has 16 heavy (non-hydrogen) atoms. The summed E-state index contributed by atoms with van der Waals surface area (Å²) in [6.45, 7) is 6.41. The predicted molar refractivity (Wildman–Crippen MR) is 63.0 cm³/mol. The number of hydrogen-bond donors (Lipinski definition) is 1. The van der Waals surface area contributed by atoms with Crippen LogP contribution in [0.3, 0.4) is 0 Å². The molecule has 0 saturated carbocycles. The standard InChI is InChI=1S/C13H18O3/c1-9(2)11-5-4-10(3)12(8-11)16-7-6-13(14)15/h4-5,8-9H,6-7H2,1-3H3,(H,14,15). The molecule has 3 nitrogen and oxygen atoms in total. The number of carboxylic acids is 1. The fourth-order valence-corrected chi connectivity index (χ4v) is 1.38. The molecular weight excluding hydrogens is 204 g/mol. The van der Waals surface area contributed by atoms with Crippen LogP contribution in [0.5, 0.6) is 5.75 Å². The minimum absolute atomic E-state index is 0.0331. The number of rotatable bonds is 5. The van der Waals surface area contributed by atoms with Crippen molar-refractivity contribution in [2.45, 2.75) is 33.1 Å². The van der Waals surface area contributed by atoms with Crippen LogP contribution in [0.15, 0.2) is 18.2 Å². The summed E-state index contributed by atoms with van der Waals surface area (Å²) < 4.78 is 5.46. The van der Waals surface area contributed by atoms with E-state index in [9.17, 15) is 4.79 Å². The number of ether oxygens (including phenoxy) is 1. The number of aryl methyl sites for hydroxylation is 1. The molecule has 1 N–H and O–H groups in total. The van der Waals surface area contributed by atoms with Crippen molar-refractivity contribution in [3.05, 3.63) is 29.3 Å². The molecule has 88 valence electrons. The van der Waals surface area contributed by atoms with Gasteiger partial charge in [-0.15, -0.1) is 0 Å². The Balaban J connectivity index is 2.70. The van der Waals surface area contributed by atoms with Gasteiger partial charge in [0.05, 0.1) is 13.0 Å². The summed E-state index contributed by atoms with van der Waals surface area (Å²) in [4.78, 5) is 10.4. The van der Waals surface area contributed by atoms with Gasteiger partial charge in [0.1, 0.15) is 5.75 Å². The highest BCUT2D eigenvalue weighted by molar-refractivity contribution is 5.66. The summed E-state index contributed by atoms with van der Waals surface area (Å²) in [5.74, 6) is 0.396. The quantitative estimate of drug-likeness (QED) is 0.833. The van der Waals surface area contributed by atoms with Crippen LogP contribution in [0.1, 0.15) is 37.3 Å². The normalized spacial score (nSPS) is 10.5. The smallest absolute Gasteiger partial charge is 0.306 e. The largest absolute Gasteiger partial charge is 0.493 e. The summed E-state index contributed by atoms with van der Waals surface area (Å²) in [5, 5.41) is 8.52. The Labute approximate surface area is 96.1 Å². The third-order valence-corrected chi connectivity index (χ3v) is 2.45. The maximum absolute atomic E-state index is 10.4. The van der Waals surface area contributed by atoms with Gasteiger partial charge in [0.15, 0.2) is 0 Å². The molecule has 0 saturated heterocycles. The third kappa shape index (κ3) is 3.57. The lowest BCUT2D eigenvalue weighted by atomic mass is 10.0. The van der Waals surface area contributed by atoms with Crippen LogP contribution < -0.4 is 4.74 Å². The second-order valence-electron chi connectivity index (χ2n) is 4.17. The highest BCUT2D eigenvalue weighted by atomic mass is 16.5. The number of carbonyl (C=O) groups is 1. The number of carboxylic acid groups (broad SMARTS) is 1. The molecule has 0 radical (unpaired) electrons. The van der Waals surface area contributed by atoms with E-state index in [4.69, 9.17) is 9.84 Å². The van der Waals surface area contributed by atoms with Crippen LogP contribution in [0, 0.1) is 6.92 Å². The maximum Gasteiger partial charge on any atom is 0.306 e. The molecule has 0 aromatic heterocycles. The lowest BCUT2D eigenvalue weighted by Crippen LogP contribution is -2.05. The molecule has 1 rings (SSSR count). The highest BCUT2D eigenvalue weighted by Crippen LogP contribution is 2.24. The second kappa shape index (κ2) is 5.54. The Morgan fingerprint density at radius 1 is 1.44 bits per heavy atom. The maximum atomic E-state index is 10.4. The zero-order valence-electron chi connectivity index (χ0n) is 9.99. The minimum atomic E-state index is -0.835. The Kier molecular flexibility index (Phi) is 4.35. The Hall–Kier alpha value is -1.51. The molecule has 0 aliphatic rings. The first-order valence-corrected chi connectivity index (χ1v) is 5.46. The van der Waals surface area contributed by atoms with E-state index in [1.807, 2.05) is 19.1 Å². The first-order chi connectivity index (χ1) is 7.50. The van der Waals surface area contributed by atoms with Crippen molar-refractivity contribution in [2.75, 3.05) is 6.61 Å². The Morgan fingerprint density at radius 2 is 2.12 bits per heavy atom. The summed E-state index contributed by atoms with van der Waals surface area (Å²) in [7, 11) is 0. The number of hydrogen-bond acceptors (Lipinski definition) is 2. The Morgan fingerprint density at radius 3 is 2.69 bits per heavy atom. The van der Waals surface area contributed by atoms with Crippen LogP contribution in [-0.2, 0) is 4.79 Å². The SMILES string of the molecule is Cc1ccc(C(C)C)cc1OCCC(=O)O. The number of aliphatic carboxylic acids is 1. The highest BCUT2D eigenvalue weighted by Gasteiger charge is 2.05. The average molecular weight is 222 g/mol. The molecule has 0 amide bonds. The zero-order chi connectivity index (χ0) is 12.1. The van der Waals surface area contributed by atoms with Gasteiger partial charge in [-0.2, -0.15) is 0 Å². The van der Waals surface area contributed by atoms with Crippen LogP contribution in [0.2, 0.25) is 0 Å². The van der Waals surface area contributed by atoms with Crippen molar-refractivity contribution in [3.8, 4) is 5.75 Å². The second-order valence-corrected chi connectivity index (χ2v) is 4.17. The van der Waals surface area contributed by atoms with Gasteiger partial charge in [-0.3, -0.25) is 4.79 Å². The lowest BCUT2D eigenvalue weighted by Gasteiger charge is -2.12. The van der Waals surface area contributed by atoms with Gasteiger partial charge in [0.25, 0.3) is 0 Å². The molecule has 0 atom stereocenters. The van der Waals surface area contributed by atoms with Crippen LogP contribution >= 0.6 is 0 Å². The minimum Gasteiger partial charge on any atom is -0.493 e. The topological polar surface area (TPSA) is 46.5 Å². The van der Waals surface area contributed by atoms with E-state index in [2.05, 4.69) is 19.9 Å². The molecule has 0 aliphatic carbocycles. The third-order valence-electron chi connectivity index (χ3n) is 2.45. The summed E-state index contributed by atoms with van der Waals surface area (Å²) in [5.41, 5.74) is 2.24. The van der Waals surface area contributed by atoms with Gasteiger partial charge in [0.2, 0.25) is 0 Å². The van der Waals surface area contributed by atoms with Crippen molar-refractivity contribution in [1.29, 1.82) is 0 Å². The summed E-state index contributed by atoms with van der Waals surface area (Å²) in [6, 6.07) is 6.07. The van der Waals surface area contributed by atoms with Gasteiger partial charge in [-0.25, -0.2) is 0 Å². The first-order valence-electron chi connectivity index (χ1n) is 5.46. The zero-order valence-corrected chi connectivity index (χ0v) is 9.99. The van der Waals surface area contributed by atoms with Crippen molar-refractivity contribution in [3.63, 3.8) is 0 Å². The predicted octanol–water partition coefficient (Wildman–Crippen LogP) is 2.97. The molecule has 1 aromatic rings. The summed E-state index contributed by atoms with van der Waals surface area (Å²) >= 11 is 0. The first kappa shape index (κ1) is 12.6. The molecule has 0 heterocycles. The van der Waals surface area contributed by atoms with Gasteiger partial charge in [-0.1, -0.05) is 26.0 Å². The molecule has 3 heteroatoms. The van der Waals surface area contributed by atoms with E-state index >= 15 is 0 Å². The van der Waals surface area contributed by atoms with Gasteiger partial charge < -0.3 is 9.84 Å². The fourth-order valence-electron chi connectivity index (χ4n) is 1.38. The van der Waals surface area contributed by atoms with Gasteiger partial charge in [-0.05, 0) is 30.0 Å². The van der Waals surface area contributed by atoms with Crippen molar-refractivity contribution < 1.29 is 14.6 Å². The molecule has 1 aromatic carbocycles. The van der Waals surface area contributed by atoms with E-state index in [0.717, 1.165) is 11.3 Å². The lowest BCUT2D eigenvalue weighted by molar-refractivity contribution is -0.137. The molecule has 0 bridgehead atoms. The van der Waals surface area contributed by atoms with E-state index in [1.54, 1.807) is 0 Å². The summed E-state index contributed by atoms with van der Waals surface area (Å²) in [6.07, 6.45) is 0.0331.